The van der Waals surface area contributed by atoms with E-state index in [9.17, 15) is 19.1 Å². The fourth-order valence-corrected chi connectivity index (χ4v) is 2.72. The average Bonchev–Trinajstić information content (AvgIpc) is 3.10. The van der Waals surface area contributed by atoms with Gasteiger partial charge in [0.05, 0.1) is 11.9 Å². The third-order valence-corrected chi connectivity index (χ3v) is 4.18. The Hall–Kier alpha value is -2.90. The number of carbonyl (C=O) groups is 2. The lowest BCUT2D eigenvalue weighted by Gasteiger charge is -2.22. The van der Waals surface area contributed by atoms with Gasteiger partial charge >= 0.3 is 0 Å². The fourth-order valence-electron chi connectivity index (χ4n) is 2.72. The first-order valence-electron chi connectivity index (χ1n) is 7.45. The normalized spacial score (nSPS) is 17.4. The molecule has 1 aliphatic rings. The van der Waals surface area contributed by atoms with Crippen LogP contribution < -0.4 is 0 Å². The summed E-state index contributed by atoms with van der Waals surface area (Å²) in [7, 11) is 3.20. The highest BCUT2D eigenvalue weighted by Crippen LogP contribution is 2.22. The van der Waals surface area contributed by atoms with E-state index in [1.807, 2.05) is 0 Å². The number of rotatable bonds is 3. The van der Waals surface area contributed by atoms with E-state index in [-0.39, 0.29) is 17.4 Å². The summed E-state index contributed by atoms with van der Waals surface area (Å²) in [6, 6.07) is 4.92. The molecule has 1 saturated heterocycles. The molecule has 1 aromatic carbocycles. The molecule has 0 radical (unpaired) electrons. The summed E-state index contributed by atoms with van der Waals surface area (Å²) in [6.07, 6.45) is 1.81. The Morgan fingerprint density at radius 2 is 2.04 bits per heavy atom. The molecule has 3 rings (SSSR count). The van der Waals surface area contributed by atoms with Crippen LogP contribution in [0, 0.1) is 5.82 Å². The number of nitrogens with zero attached hydrogens (tertiary/aromatic N) is 4. The summed E-state index contributed by atoms with van der Waals surface area (Å²) < 4.78 is 14.3. The smallest absolute Gasteiger partial charge is 0.278 e. The predicted molar refractivity (Wildman–Crippen MR) is 83.3 cm³/mol. The molecule has 0 bridgehead atoms. The summed E-state index contributed by atoms with van der Waals surface area (Å²) in [4.78, 5) is 27.5. The van der Waals surface area contributed by atoms with E-state index in [4.69, 9.17) is 0 Å². The lowest BCUT2D eigenvalue weighted by atomic mass is 10.2. The largest absolute Gasteiger partial charge is 0.504 e. The Kier molecular flexibility index (Phi) is 3.96. The minimum atomic E-state index is -0.558. The summed E-state index contributed by atoms with van der Waals surface area (Å²) in [6.45, 7) is 0.580. The minimum Gasteiger partial charge on any atom is -0.504 e. The van der Waals surface area contributed by atoms with Crippen LogP contribution in [-0.2, 0) is 4.79 Å². The number of likely N-dealkylation sites (tertiary alicyclic amines) is 1. The van der Waals surface area contributed by atoms with Crippen molar-refractivity contribution < 1.29 is 19.1 Å². The monoisotopic (exact) mass is 332 g/mol. The third-order valence-electron chi connectivity index (χ3n) is 4.18. The SMILES string of the molecule is CN1CCC(N(C)C(=O)c2nn(-c3ccc(F)cc3)cc2O)C1=O. The first-order chi connectivity index (χ1) is 11.4. The highest BCUT2D eigenvalue weighted by molar-refractivity contribution is 5.98. The molecule has 1 aromatic heterocycles. The van der Waals surface area contributed by atoms with Crippen molar-refractivity contribution in [2.45, 2.75) is 12.5 Å². The molecule has 1 fully saturated rings. The van der Waals surface area contributed by atoms with Crippen molar-refractivity contribution in [1.82, 2.24) is 19.6 Å². The topological polar surface area (TPSA) is 78.7 Å². The van der Waals surface area contributed by atoms with Crippen molar-refractivity contribution in [3.8, 4) is 11.4 Å². The fraction of sp³-hybridized carbons (Fsp3) is 0.312. The van der Waals surface area contributed by atoms with E-state index in [1.54, 1.807) is 11.9 Å². The molecular weight excluding hydrogens is 315 g/mol. The van der Waals surface area contributed by atoms with E-state index in [0.717, 1.165) is 0 Å². The van der Waals surface area contributed by atoms with Crippen molar-refractivity contribution in [1.29, 1.82) is 0 Å². The summed E-state index contributed by atoms with van der Waals surface area (Å²) in [5.74, 6) is -1.37. The molecule has 1 N–H and O–H groups in total. The third kappa shape index (κ3) is 2.70. The second kappa shape index (κ2) is 5.95. The first kappa shape index (κ1) is 16.0. The zero-order valence-electron chi connectivity index (χ0n) is 13.3. The van der Waals surface area contributed by atoms with E-state index in [2.05, 4.69) is 5.10 Å². The molecule has 126 valence electrons. The highest BCUT2D eigenvalue weighted by Gasteiger charge is 2.36. The lowest BCUT2D eigenvalue weighted by molar-refractivity contribution is -0.130. The van der Waals surface area contributed by atoms with Crippen molar-refractivity contribution >= 4 is 11.8 Å². The van der Waals surface area contributed by atoms with Gasteiger partial charge in [0.25, 0.3) is 5.91 Å². The van der Waals surface area contributed by atoms with E-state index in [1.165, 1.54) is 47.1 Å². The highest BCUT2D eigenvalue weighted by atomic mass is 19.1. The molecule has 2 heterocycles. The van der Waals surface area contributed by atoms with E-state index >= 15 is 0 Å². The molecule has 1 aliphatic heterocycles. The van der Waals surface area contributed by atoms with Crippen LogP contribution in [0.1, 0.15) is 16.9 Å². The van der Waals surface area contributed by atoms with E-state index < -0.39 is 17.8 Å². The Balaban J connectivity index is 1.85. The van der Waals surface area contributed by atoms with Gasteiger partial charge in [0.2, 0.25) is 5.91 Å². The maximum Gasteiger partial charge on any atom is 0.278 e. The summed E-state index contributed by atoms with van der Waals surface area (Å²) >= 11 is 0. The lowest BCUT2D eigenvalue weighted by Crippen LogP contribution is -2.42. The van der Waals surface area contributed by atoms with Gasteiger partial charge in [0.1, 0.15) is 11.9 Å². The number of hydrogen-bond acceptors (Lipinski definition) is 4. The average molecular weight is 332 g/mol. The quantitative estimate of drug-likeness (QED) is 0.910. The molecule has 2 aromatic rings. The maximum absolute atomic E-state index is 13.0. The number of amides is 2. The number of benzene rings is 1. The minimum absolute atomic E-state index is 0.136. The van der Waals surface area contributed by atoms with Crippen molar-refractivity contribution in [2.24, 2.45) is 0 Å². The van der Waals surface area contributed by atoms with Gasteiger partial charge in [-0.2, -0.15) is 5.10 Å². The van der Waals surface area contributed by atoms with Gasteiger partial charge in [-0.25, -0.2) is 9.07 Å². The number of aromatic nitrogens is 2. The number of carbonyl (C=O) groups excluding carboxylic acids is 2. The summed E-state index contributed by atoms with van der Waals surface area (Å²) in [5.41, 5.74) is 0.356. The Bertz CT molecular complexity index is 787. The molecule has 2 amide bonds. The zero-order valence-corrected chi connectivity index (χ0v) is 13.3. The van der Waals surface area contributed by atoms with E-state index in [0.29, 0.717) is 18.7 Å². The molecule has 7 nitrogen and oxygen atoms in total. The Labute approximate surface area is 137 Å². The van der Waals surface area contributed by atoms with Crippen molar-refractivity contribution in [3.63, 3.8) is 0 Å². The molecule has 0 spiro atoms. The van der Waals surface area contributed by atoms with Crippen LogP contribution in [0.3, 0.4) is 0 Å². The van der Waals surface area contributed by atoms with Gasteiger partial charge in [-0.15, -0.1) is 0 Å². The van der Waals surface area contributed by atoms with Crippen LogP contribution in [0.15, 0.2) is 30.5 Å². The molecule has 8 heteroatoms. The van der Waals surface area contributed by atoms with Gasteiger partial charge in [0, 0.05) is 20.6 Å². The number of likely N-dealkylation sites (N-methyl/N-ethyl adjacent to an activating group) is 2. The second-order valence-electron chi connectivity index (χ2n) is 5.76. The van der Waals surface area contributed by atoms with Crippen molar-refractivity contribution in [2.75, 3.05) is 20.6 Å². The summed E-state index contributed by atoms with van der Waals surface area (Å²) in [5, 5.41) is 14.1. The maximum atomic E-state index is 13.0. The van der Waals surface area contributed by atoms with Gasteiger partial charge < -0.3 is 14.9 Å². The first-order valence-corrected chi connectivity index (χ1v) is 7.45. The Morgan fingerprint density at radius 1 is 1.38 bits per heavy atom. The van der Waals surface area contributed by atoms with Gasteiger partial charge in [-0.3, -0.25) is 9.59 Å². The van der Waals surface area contributed by atoms with Crippen LogP contribution in [0.2, 0.25) is 0 Å². The molecule has 24 heavy (non-hydrogen) atoms. The zero-order chi connectivity index (χ0) is 17.4. The van der Waals surface area contributed by atoms with Crippen LogP contribution in [0.4, 0.5) is 4.39 Å². The number of hydrogen-bond donors (Lipinski definition) is 1. The number of aromatic hydroxyl groups is 1. The Morgan fingerprint density at radius 3 is 2.62 bits per heavy atom. The van der Waals surface area contributed by atoms with Crippen LogP contribution in [-0.4, -0.2) is 63.2 Å². The second-order valence-corrected chi connectivity index (χ2v) is 5.76. The molecular formula is C16H17FN4O3. The van der Waals surface area contributed by atoms with Gasteiger partial charge in [-0.1, -0.05) is 0 Å². The predicted octanol–water partition coefficient (Wildman–Crippen LogP) is 1.02. The molecule has 1 atom stereocenters. The standard InChI is InChI=1S/C16H17FN4O3/c1-19-8-7-12(15(19)23)20(2)16(24)14-13(22)9-21(18-14)11-5-3-10(17)4-6-11/h3-6,9,12,22H,7-8H2,1-2H3. The molecule has 0 aliphatic carbocycles. The number of halogens is 1. The van der Waals surface area contributed by atoms with Gasteiger partial charge in [0.15, 0.2) is 11.4 Å². The van der Waals surface area contributed by atoms with Crippen LogP contribution >= 0.6 is 0 Å². The van der Waals surface area contributed by atoms with Gasteiger partial charge in [-0.05, 0) is 30.7 Å². The molecule has 1 unspecified atom stereocenters. The van der Waals surface area contributed by atoms with Crippen LogP contribution in [0.5, 0.6) is 5.75 Å². The van der Waals surface area contributed by atoms with Crippen molar-refractivity contribution in [3.05, 3.63) is 42.0 Å². The molecule has 0 saturated carbocycles. The van der Waals surface area contributed by atoms with Crippen LogP contribution in [0.25, 0.3) is 5.69 Å².